The highest BCUT2D eigenvalue weighted by Crippen LogP contribution is 2.27. The molecule has 2 aromatic rings. The number of nitrogens with zero attached hydrogens (tertiary/aromatic N) is 3. The third kappa shape index (κ3) is 4.23. The van der Waals surface area contributed by atoms with Crippen LogP contribution in [0.2, 0.25) is 5.02 Å². The molecule has 0 aliphatic heterocycles. The minimum Gasteiger partial charge on any atom is -0.327 e. The summed E-state index contributed by atoms with van der Waals surface area (Å²) in [6.45, 7) is 3.01. The summed E-state index contributed by atoms with van der Waals surface area (Å²) in [6.07, 6.45) is 3.37. The quantitative estimate of drug-likeness (QED) is 0.799. The summed E-state index contributed by atoms with van der Waals surface area (Å²) in [5.74, 6) is 1.77. The van der Waals surface area contributed by atoms with E-state index in [4.69, 9.17) is 17.3 Å². The standard InChI is InChI=1S/C14H19ClN4S/c1-2-7-19-14(17-10-18-19)8-11(16)9-20-13-6-4-3-5-12(13)15/h3-6,10-11H,2,7-9,16H2,1H3. The van der Waals surface area contributed by atoms with Gasteiger partial charge in [-0.2, -0.15) is 5.10 Å². The van der Waals surface area contributed by atoms with Crippen LogP contribution in [0, 0.1) is 0 Å². The zero-order valence-corrected chi connectivity index (χ0v) is 13.1. The second-order valence-electron chi connectivity index (χ2n) is 4.61. The highest BCUT2D eigenvalue weighted by molar-refractivity contribution is 7.99. The van der Waals surface area contributed by atoms with Crippen molar-refractivity contribution in [1.29, 1.82) is 0 Å². The SMILES string of the molecule is CCCn1ncnc1CC(N)CSc1ccccc1Cl. The number of halogens is 1. The molecule has 1 atom stereocenters. The molecule has 1 unspecified atom stereocenters. The van der Waals surface area contributed by atoms with Gasteiger partial charge in [-0.1, -0.05) is 30.7 Å². The van der Waals surface area contributed by atoms with Crippen LogP contribution in [0.1, 0.15) is 19.2 Å². The molecule has 0 spiro atoms. The first-order valence-electron chi connectivity index (χ1n) is 6.70. The summed E-state index contributed by atoms with van der Waals surface area (Å²) >= 11 is 7.81. The summed E-state index contributed by atoms with van der Waals surface area (Å²) in [4.78, 5) is 5.35. The predicted molar refractivity (Wildman–Crippen MR) is 84.2 cm³/mol. The number of hydrogen-bond donors (Lipinski definition) is 1. The largest absolute Gasteiger partial charge is 0.327 e. The molecular formula is C14H19ClN4S. The van der Waals surface area contributed by atoms with Crippen LogP contribution in [0.25, 0.3) is 0 Å². The van der Waals surface area contributed by atoms with Gasteiger partial charge in [0.1, 0.15) is 12.2 Å². The fourth-order valence-corrected chi connectivity index (χ4v) is 3.09. The molecule has 1 aromatic heterocycles. The van der Waals surface area contributed by atoms with Crippen LogP contribution in [0.3, 0.4) is 0 Å². The van der Waals surface area contributed by atoms with Crippen molar-refractivity contribution in [3.63, 3.8) is 0 Å². The highest BCUT2D eigenvalue weighted by atomic mass is 35.5. The van der Waals surface area contributed by atoms with E-state index in [1.54, 1.807) is 18.1 Å². The zero-order valence-electron chi connectivity index (χ0n) is 11.5. The first kappa shape index (κ1) is 15.4. The van der Waals surface area contributed by atoms with Crippen molar-refractivity contribution >= 4 is 23.4 Å². The monoisotopic (exact) mass is 310 g/mol. The van der Waals surface area contributed by atoms with Crippen LogP contribution < -0.4 is 5.73 Å². The van der Waals surface area contributed by atoms with Gasteiger partial charge < -0.3 is 5.73 Å². The lowest BCUT2D eigenvalue weighted by molar-refractivity contribution is 0.553. The maximum Gasteiger partial charge on any atom is 0.138 e. The van der Waals surface area contributed by atoms with Crippen molar-refractivity contribution < 1.29 is 0 Å². The normalized spacial score (nSPS) is 12.6. The van der Waals surface area contributed by atoms with Gasteiger partial charge in [-0.25, -0.2) is 4.98 Å². The first-order chi connectivity index (χ1) is 9.70. The second-order valence-corrected chi connectivity index (χ2v) is 6.07. The summed E-state index contributed by atoms with van der Waals surface area (Å²) < 4.78 is 1.93. The number of thioether (sulfide) groups is 1. The summed E-state index contributed by atoms with van der Waals surface area (Å²) in [5, 5.41) is 4.99. The van der Waals surface area contributed by atoms with Crippen LogP contribution >= 0.6 is 23.4 Å². The Labute approximate surface area is 128 Å². The van der Waals surface area contributed by atoms with E-state index >= 15 is 0 Å². The number of aromatic nitrogens is 3. The van der Waals surface area contributed by atoms with E-state index in [0.717, 1.165) is 40.9 Å². The Balaban J connectivity index is 1.88. The van der Waals surface area contributed by atoms with E-state index in [-0.39, 0.29) is 6.04 Å². The molecule has 0 saturated heterocycles. The molecule has 20 heavy (non-hydrogen) atoms. The summed E-state index contributed by atoms with van der Waals surface area (Å²) in [5.41, 5.74) is 6.18. The lowest BCUT2D eigenvalue weighted by Gasteiger charge is -2.12. The van der Waals surface area contributed by atoms with E-state index in [1.165, 1.54) is 0 Å². The lowest BCUT2D eigenvalue weighted by atomic mass is 10.2. The number of rotatable bonds is 7. The molecule has 0 amide bonds. The van der Waals surface area contributed by atoms with Crippen LogP contribution in [-0.2, 0) is 13.0 Å². The Morgan fingerprint density at radius 3 is 2.95 bits per heavy atom. The summed E-state index contributed by atoms with van der Waals surface area (Å²) in [7, 11) is 0. The molecule has 0 fully saturated rings. The molecule has 0 saturated carbocycles. The number of hydrogen-bond acceptors (Lipinski definition) is 4. The van der Waals surface area contributed by atoms with Gasteiger partial charge in [0.2, 0.25) is 0 Å². The molecule has 1 aromatic carbocycles. The van der Waals surface area contributed by atoms with Gasteiger partial charge in [0.05, 0.1) is 5.02 Å². The summed E-state index contributed by atoms with van der Waals surface area (Å²) in [6, 6.07) is 7.86. The predicted octanol–water partition coefficient (Wildman–Crippen LogP) is 3.00. The van der Waals surface area contributed by atoms with E-state index in [9.17, 15) is 0 Å². The van der Waals surface area contributed by atoms with Gasteiger partial charge in [0.15, 0.2) is 0 Å². The average molecular weight is 311 g/mol. The Hall–Kier alpha value is -1.04. The van der Waals surface area contributed by atoms with Gasteiger partial charge >= 0.3 is 0 Å². The molecule has 108 valence electrons. The maximum absolute atomic E-state index is 6.18. The van der Waals surface area contributed by atoms with E-state index in [1.807, 2.05) is 28.9 Å². The van der Waals surface area contributed by atoms with Crippen LogP contribution in [0.15, 0.2) is 35.5 Å². The molecular weight excluding hydrogens is 292 g/mol. The van der Waals surface area contributed by atoms with Crippen LogP contribution in [0.5, 0.6) is 0 Å². The fourth-order valence-electron chi connectivity index (χ4n) is 1.90. The minimum atomic E-state index is 0.0380. The number of aryl methyl sites for hydroxylation is 1. The van der Waals surface area contributed by atoms with Crippen molar-refractivity contribution in [3.05, 3.63) is 41.4 Å². The van der Waals surface area contributed by atoms with Crippen molar-refractivity contribution in [2.45, 2.75) is 37.2 Å². The van der Waals surface area contributed by atoms with Gasteiger partial charge in [-0.05, 0) is 18.6 Å². The molecule has 0 radical (unpaired) electrons. The van der Waals surface area contributed by atoms with Gasteiger partial charge in [0.25, 0.3) is 0 Å². The first-order valence-corrected chi connectivity index (χ1v) is 8.06. The molecule has 2 N–H and O–H groups in total. The van der Waals surface area contributed by atoms with Gasteiger partial charge in [-0.3, -0.25) is 4.68 Å². The Morgan fingerprint density at radius 1 is 1.40 bits per heavy atom. The topological polar surface area (TPSA) is 56.7 Å². The zero-order chi connectivity index (χ0) is 14.4. The van der Waals surface area contributed by atoms with E-state index in [0.29, 0.717) is 0 Å². The minimum absolute atomic E-state index is 0.0380. The van der Waals surface area contributed by atoms with Gasteiger partial charge in [0, 0.05) is 29.7 Å². The highest BCUT2D eigenvalue weighted by Gasteiger charge is 2.11. The van der Waals surface area contributed by atoms with Crippen LogP contribution in [0.4, 0.5) is 0 Å². The van der Waals surface area contributed by atoms with Crippen molar-refractivity contribution in [1.82, 2.24) is 14.8 Å². The van der Waals surface area contributed by atoms with Crippen molar-refractivity contribution in [2.24, 2.45) is 5.73 Å². The molecule has 0 bridgehead atoms. The van der Waals surface area contributed by atoms with E-state index < -0.39 is 0 Å². The average Bonchev–Trinajstić information content (AvgIpc) is 2.86. The molecule has 0 aliphatic rings. The Bertz CT molecular complexity index is 543. The van der Waals surface area contributed by atoms with Crippen LogP contribution in [-0.4, -0.2) is 26.6 Å². The maximum atomic E-state index is 6.18. The Morgan fingerprint density at radius 2 is 2.20 bits per heavy atom. The number of nitrogens with two attached hydrogens (primary N) is 1. The molecule has 2 rings (SSSR count). The fraction of sp³-hybridized carbons (Fsp3) is 0.429. The smallest absolute Gasteiger partial charge is 0.138 e. The molecule has 4 nitrogen and oxygen atoms in total. The number of benzene rings is 1. The van der Waals surface area contributed by atoms with E-state index in [2.05, 4.69) is 17.0 Å². The van der Waals surface area contributed by atoms with Gasteiger partial charge in [-0.15, -0.1) is 11.8 Å². The third-order valence-electron chi connectivity index (χ3n) is 2.87. The molecule has 6 heteroatoms. The Kier molecular flexibility index (Phi) is 5.88. The molecule has 0 aliphatic carbocycles. The van der Waals surface area contributed by atoms with Crippen molar-refractivity contribution in [3.8, 4) is 0 Å². The second kappa shape index (κ2) is 7.67. The van der Waals surface area contributed by atoms with Crippen molar-refractivity contribution in [2.75, 3.05) is 5.75 Å². The lowest BCUT2D eigenvalue weighted by Crippen LogP contribution is -2.27. The third-order valence-corrected chi connectivity index (χ3v) is 4.57. The molecule has 1 heterocycles.